The average Bonchev–Trinajstić information content (AvgIpc) is 2.34. The molecule has 1 fully saturated rings. The van der Waals surface area contributed by atoms with E-state index >= 15 is 0 Å². The van der Waals surface area contributed by atoms with Gasteiger partial charge in [-0.1, -0.05) is 18.2 Å². The highest BCUT2D eigenvalue weighted by Gasteiger charge is 2.50. The normalized spacial score (nSPS) is 20.8. The van der Waals surface area contributed by atoms with Crippen LogP contribution in [0.25, 0.3) is 0 Å². The van der Waals surface area contributed by atoms with E-state index in [-0.39, 0.29) is 24.2 Å². The predicted molar refractivity (Wildman–Crippen MR) is 73.3 cm³/mol. The van der Waals surface area contributed by atoms with Crippen molar-refractivity contribution >= 4 is 11.8 Å². The second-order valence-electron chi connectivity index (χ2n) is 6.12. The summed E-state index contributed by atoms with van der Waals surface area (Å²) in [5.74, 6) is -0.830. The first-order valence-electron chi connectivity index (χ1n) is 6.54. The van der Waals surface area contributed by atoms with Gasteiger partial charge in [0, 0.05) is 12.1 Å². The van der Waals surface area contributed by atoms with Crippen LogP contribution in [0.3, 0.4) is 0 Å². The number of rotatable bonds is 2. The van der Waals surface area contributed by atoms with Crippen molar-refractivity contribution in [3.8, 4) is 0 Å². The molecule has 0 atom stereocenters. The molecule has 0 bridgehead atoms. The van der Waals surface area contributed by atoms with Gasteiger partial charge in [-0.05, 0) is 33.8 Å². The molecule has 2 rings (SSSR count). The van der Waals surface area contributed by atoms with Gasteiger partial charge in [0.05, 0.1) is 0 Å². The quantitative estimate of drug-likeness (QED) is 0.897. The van der Waals surface area contributed by atoms with Gasteiger partial charge >= 0.3 is 0 Å². The SMILES string of the molecule is CC1(C)NC(=O)C(C)(C)N(Cc2ccccc2F)C1=O. The monoisotopic (exact) mass is 278 g/mol. The van der Waals surface area contributed by atoms with E-state index in [1.807, 2.05) is 0 Å². The lowest BCUT2D eigenvalue weighted by atomic mass is 9.89. The van der Waals surface area contributed by atoms with E-state index in [4.69, 9.17) is 0 Å². The molecule has 2 amide bonds. The summed E-state index contributed by atoms with van der Waals surface area (Å²) in [6.07, 6.45) is 0. The first kappa shape index (κ1) is 14.5. The molecule has 20 heavy (non-hydrogen) atoms. The third-order valence-electron chi connectivity index (χ3n) is 3.72. The Balaban J connectivity index is 2.39. The van der Waals surface area contributed by atoms with Crippen LogP contribution in [0.15, 0.2) is 24.3 Å². The average molecular weight is 278 g/mol. The Bertz CT molecular complexity index is 567. The molecule has 0 unspecified atom stereocenters. The second-order valence-corrected chi connectivity index (χ2v) is 6.12. The topological polar surface area (TPSA) is 49.4 Å². The number of amides is 2. The minimum atomic E-state index is -1.01. The minimum absolute atomic E-state index is 0.0787. The molecule has 0 spiro atoms. The molecule has 0 aromatic heterocycles. The maximum absolute atomic E-state index is 13.8. The Labute approximate surface area is 118 Å². The fraction of sp³-hybridized carbons (Fsp3) is 0.467. The Morgan fingerprint density at radius 1 is 1.15 bits per heavy atom. The molecule has 0 aliphatic carbocycles. The van der Waals surface area contributed by atoms with E-state index in [1.54, 1.807) is 45.9 Å². The lowest BCUT2D eigenvalue weighted by Crippen LogP contribution is -2.71. The summed E-state index contributed by atoms with van der Waals surface area (Å²) in [4.78, 5) is 26.1. The molecule has 1 aliphatic rings. The van der Waals surface area contributed by atoms with Gasteiger partial charge in [-0.2, -0.15) is 0 Å². The number of carbonyl (C=O) groups excluding carboxylic acids is 2. The second kappa shape index (κ2) is 4.58. The molecular formula is C15H19FN2O2. The van der Waals surface area contributed by atoms with Gasteiger partial charge < -0.3 is 10.2 Å². The van der Waals surface area contributed by atoms with Crippen molar-refractivity contribution in [1.82, 2.24) is 10.2 Å². The molecule has 0 saturated carbocycles. The molecule has 1 aromatic rings. The lowest BCUT2D eigenvalue weighted by molar-refractivity contribution is -0.160. The van der Waals surface area contributed by atoms with Crippen molar-refractivity contribution in [3.05, 3.63) is 35.6 Å². The number of hydrogen-bond acceptors (Lipinski definition) is 2. The molecule has 1 aliphatic heterocycles. The molecule has 5 heteroatoms. The van der Waals surface area contributed by atoms with E-state index in [1.165, 1.54) is 11.0 Å². The third-order valence-corrected chi connectivity index (χ3v) is 3.72. The summed E-state index contributed by atoms with van der Waals surface area (Å²) in [5, 5.41) is 2.70. The van der Waals surface area contributed by atoms with Crippen molar-refractivity contribution in [3.63, 3.8) is 0 Å². The molecule has 4 nitrogen and oxygen atoms in total. The number of hydrogen-bond donors (Lipinski definition) is 1. The number of carbonyl (C=O) groups is 2. The van der Waals surface area contributed by atoms with Crippen LogP contribution in [-0.2, 0) is 16.1 Å². The zero-order chi connectivity index (χ0) is 15.1. The zero-order valence-electron chi connectivity index (χ0n) is 12.2. The highest BCUT2D eigenvalue weighted by Crippen LogP contribution is 2.28. The fourth-order valence-corrected chi connectivity index (χ4v) is 2.27. The van der Waals surface area contributed by atoms with Crippen molar-refractivity contribution in [2.45, 2.75) is 45.3 Å². The minimum Gasteiger partial charge on any atom is -0.340 e. The first-order chi connectivity index (χ1) is 9.16. The molecule has 0 radical (unpaired) electrons. The maximum Gasteiger partial charge on any atom is 0.248 e. The molecule has 1 saturated heterocycles. The van der Waals surface area contributed by atoms with Gasteiger partial charge in [-0.3, -0.25) is 9.59 Å². The van der Waals surface area contributed by atoms with Crippen LogP contribution in [-0.4, -0.2) is 27.8 Å². The van der Waals surface area contributed by atoms with Crippen LogP contribution in [0.5, 0.6) is 0 Å². The van der Waals surface area contributed by atoms with Gasteiger partial charge in [0.25, 0.3) is 0 Å². The number of benzene rings is 1. The van der Waals surface area contributed by atoms with Gasteiger partial charge in [-0.15, -0.1) is 0 Å². The standard InChI is InChI=1S/C15H19FN2O2/c1-14(2)13(20)18(15(3,4)12(19)17-14)9-10-7-5-6-8-11(10)16/h5-8H,9H2,1-4H3,(H,17,19). The van der Waals surface area contributed by atoms with E-state index in [0.29, 0.717) is 5.56 Å². The first-order valence-corrected chi connectivity index (χ1v) is 6.54. The van der Waals surface area contributed by atoms with Crippen LogP contribution in [0.4, 0.5) is 4.39 Å². The molecule has 1 N–H and O–H groups in total. The Morgan fingerprint density at radius 3 is 2.35 bits per heavy atom. The van der Waals surface area contributed by atoms with E-state index in [0.717, 1.165) is 0 Å². The summed E-state index contributed by atoms with van der Waals surface area (Å²) in [6.45, 7) is 6.70. The summed E-state index contributed by atoms with van der Waals surface area (Å²) in [5.41, 5.74) is -1.58. The van der Waals surface area contributed by atoms with E-state index in [2.05, 4.69) is 5.32 Å². The Hall–Kier alpha value is -1.91. The Morgan fingerprint density at radius 2 is 1.75 bits per heavy atom. The van der Waals surface area contributed by atoms with E-state index < -0.39 is 11.1 Å². The van der Waals surface area contributed by atoms with Crippen molar-refractivity contribution in [1.29, 1.82) is 0 Å². The lowest BCUT2D eigenvalue weighted by Gasteiger charge is -2.47. The number of nitrogens with one attached hydrogen (secondary N) is 1. The smallest absolute Gasteiger partial charge is 0.248 e. The largest absolute Gasteiger partial charge is 0.340 e. The van der Waals surface area contributed by atoms with Crippen LogP contribution >= 0.6 is 0 Å². The van der Waals surface area contributed by atoms with Crippen LogP contribution in [0.2, 0.25) is 0 Å². The fourth-order valence-electron chi connectivity index (χ4n) is 2.27. The maximum atomic E-state index is 13.8. The van der Waals surface area contributed by atoms with Crippen LogP contribution < -0.4 is 5.32 Å². The van der Waals surface area contributed by atoms with Crippen molar-refractivity contribution in [2.75, 3.05) is 0 Å². The predicted octanol–water partition coefficient (Wildman–Crippen LogP) is 1.84. The highest BCUT2D eigenvalue weighted by atomic mass is 19.1. The van der Waals surface area contributed by atoms with Crippen LogP contribution in [0, 0.1) is 5.82 Å². The number of nitrogens with zero attached hydrogens (tertiary/aromatic N) is 1. The molecule has 1 aromatic carbocycles. The number of piperazine rings is 1. The van der Waals surface area contributed by atoms with Gasteiger partial charge in [0.1, 0.15) is 16.9 Å². The summed E-state index contributed by atoms with van der Waals surface area (Å²) < 4.78 is 13.8. The molecular weight excluding hydrogens is 259 g/mol. The van der Waals surface area contributed by atoms with Gasteiger partial charge in [-0.25, -0.2) is 4.39 Å². The molecule has 108 valence electrons. The zero-order valence-corrected chi connectivity index (χ0v) is 12.2. The van der Waals surface area contributed by atoms with Gasteiger partial charge in [0.15, 0.2) is 0 Å². The van der Waals surface area contributed by atoms with Crippen LogP contribution in [0.1, 0.15) is 33.3 Å². The molecule has 1 heterocycles. The Kier molecular flexibility index (Phi) is 3.32. The van der Waals surface area contributed by atoms with Crippen molar-refractivity contribution in [2.24, 2.45) is 0 Å². The number of halogens is 1. The van der Waals surface area contributed by atoms with Crippen molar-refractivity contribution < 1.29 is 14.0 Å². The summed E-state index contributed by atoms with van der Waals surface area (Å²) in [7, 11) is 0. The van der Waals surface area contributed by atoms with E-state index in [9.17, 15) is 14.0 Å². The third kappa shape index (κ3) is 2.28. The van der Waals surface area contributed by atoms with Gasteiger partial charge in [0.2, 0.25) is 11.8 Å². The summed E-state index contributed by atoms with van der Waals surface area (Å²) >= 11 is 0. The summed E-state index contributed by atoms with van der Waals surface area (Å²) in [6, 6.07) is 6.28. The highest BCUT2D eigenvalue weighted by molar-refractivity contribution is 6.01.